The number of nitrogens with two attached hydrogens (primary N) is 1. The van der Waals surface area contributed by atoms with Crippen molar-refractivity contribution in [3.8, 4) is 16.5 Å². The van der Waals surface area contributed by atoms with E-state index in [1.807, 2.05) is 5.38 Å². The van der Waals surface area contributed by atoms with Gasteiger partial charge in [0, 0.05) is 10.4 Å². The second-order valence-corrected chi connectivity index (χ2v) is 4.93. The maximum absolute atomic E-state index is 8.93. The minimum atomic E-state index is 0.632. The first-order valence-electron chi connectivity index (χ1n) is 4.61. The number of nitriles is 1. The third kappa shape index (κ3) is 1.65. The van der Waals surface area contributed by atoms with Crippen LogP contribution in [-0.2, 0) is 6.42 Å². The van der Waals surface area contributed by atoms with Crippen LogP contribution < -0.4 is 5.73 Å². The molecule has 0 aliphatic heterocycles. The summed E-state index contributed by atoms with van der Waals surface area (Å²) in [6.07, 6.45) is 0.870. The zero-order chi connectivity index (χ0) is 10.8. The van der Waals surface area contributed by atoms with Crippen LogP contribution in [0, 0.1) is 11.3 Å². The molecule has 0 radical (unpaired) electrons. The second kappa shape index (κ2) is 4.05. The predicted molar refractivity (Wildman–Crippen MR) is 66.1 cm³/mol. The molecule has 0 bridgehead atoms. The van der Waals surface area contributed by atoms with E-state index in [0.29, 0.717) is 10.6 Å². The molecule has 0 spiro atoms. The average Bonchev–Trinajstić information content (AvgIpc) is 2.84. The molecule has 0 aliphatic rings. The first-order valence-corrected chi connectivity index (χ1v) is 6.37. The van der Waals surface area contributed by atoms with E-state index < -0.39 is 0 Å². The van der Waals surface area contributed by atoms with Crippen LogP contribution in [0.5, 0.6) is 0 Å². The van der Waals surface area contributed by atoms with Gasteiger partial charge in [0.2, 0.25) is 0 Å². The normalized spacial score (nSPS) is 10.1. The van der Waals surface area contributed by atoms with E-state index in [9.17, 15) is 0 Å². The van der Waals surface area contributed by atoms with E-state index in [0.717, 1.165) is 16.9 Å². The Morgan fingerprint density at radius 1 is 1.53 bits per heavy atom. The lowest BCUT2D eigenvalue weighted by Gasteiger charge is -1.98. The molecular weight excluding hydrogens is 224 g/mol. The number of thiophene rings is 2. The highest BCUT2D eigenvalue weighted by atomic mass is 32.1. The fourth-order valence-corrected chi connectivity index (χ4v) is 3.37. The minimum absolute atomic E-state index is 0.632. The van der Waals surface area contributed by atoms with Crippen molar-refractivity contribution in [1.82, 2.24) is 0 Å². The molecule has 0 unspecified atom stereocenters. The van der Waals surface area contributed by atoms with Gasteiger partial charge in [-0.05, 0) is 28.8 Å². The van der Waals surface area contributed by atoms with Gasteiger partial charge in [0.25, 0.3) is 0 Å². The molecule has 0 aliphatic carbocycles. The summed E-state index contributed by atoms with van der Waals surface area (Å²) in [4.78, 5) is 1.78. The summed E-state index contributed by atoms with van der Waals surface area (Å²) in [6, 6.07) is 4.21. The van der Waals surface area contributed by atoms with Crippen molar-refractivity contribution >= 4 is 28.4 Å². The van der Waals surface area contributed by atoms with Crippen molar-refractivity contribution in [2.75, 3.05) is 5.73 Å². The average molecular weight is 234 g/mol. The Morgan fingerprint density at radius 3 is 2.87 bits per heavy atom. The van der Waals surface area contributed by atoms with Gasteiger partial charge in [0.15, 0.2) is 0 Å². The van der Waals surface area contributed by atoms with E-state index in [1.165, 1.54) is 16.9 Å². The van der Waals surface area contributed by atoms with E-state index >= 15 is 0 Å². The predicted octanol–water partition coefficient (Wildman–Crippen LogP) is 3.49. The molecule has 0 amide bonds. The Hall–Kier alpha value is -1.31. The van der Waals surface area contributed by atoms with Crippen molar-refractivity contribution in [3.05, 3.63) is 27.3 Å². The number of rotatable bonds is 2. The first-order chi connectivity index (χ1) is 7.27. The highest BCUT2D eigenvalue weighted by molar-refractivity contribution is 7.17. The third-order valence-corrected chi connectivity index (χ3v) is 4.17. The fourth-order valence-electron chi connectivity index (χ4n) is 1.54. The quantitative estimate of drug-likeness (QED) is 0.864. The van der Waals surface area contributed by atoms with Gasteiger partial charge in [-0.1, -0.05) is 6.92 Å². The summed E-state index contributed by atoms with van der Waals surface area (Å²) in [5.74, 6) is 0. The Morgan fingerprint density at radius 2 is 2.33 bits per heavy atom. The van der Waals surface area contributed by atoms with Crippen molar-refractivity contribution in [3.63, 3.8) is 0 Å². The molecule has 4 heteroatoms. The van der Waals surface area contributed by atoms with Crippen LogP contribution in [0.1, 0.15) is 17.4 Å². The molecule has 2 heterocycles. The molecule has 0 saturated heterocycles. The van der Waals surface area contributed by atoms with Gasteiger partial charge in [0.1, 0.15) is 10.9 Å². The van der Waals surface area contributed by atoms with Gasteiger partial charge in [-0.25, -0.2) is 0 Å². The maximum Gasteiger partial charge on any atom is 0.128 e. The lowest BCUT2D eigenvalue weighted by atomic mass is 10.1. The van der Waals surface area contributed by atoms with Crippen LogP contribution >= 0.6 is 22.7 Å². The van der Waals surface area contributed by atoms with Crippen LogP contribution in [0.4, 0.5) is 5.69 Å². The smallest absolute Gasteiger partial charge is 0.128 e. The van der Waals surface area contributed by atoms with Crippen molar-refractivity contribution in [1.29, 1.82) is 5.26 Å². The highest BCUT2D eigenvalue weighted by Crippen LogP contribution is 2.39. The second-order valence-electron chi connectivity index (χ2n) is 3.13. The molecule has 0 aromatic carbocycles. The summed E-state index contributed by atoms with van der Waals surface area (Å²) in [7, 11) is 0. The number of nitrogen functional groups attached to an aromatic ring is 1. The lowest BCUT2D eigenvalue weighted by molar-refractivity contribution is 1.16. The molecule has 0 fully saturated rings. The fraction of sp³-hybridized carbons (Fsp3) is 0.182. The number of hydrogen-bond acceptors (Lipinski definition) is 4. The topological polar surface area (TPSA) is 49.8 Å². The first kappa shape index (κ1) is 10.2. The molecule has 2 rings (SSSR count). The molecule has 2 nitrogen and oxygen atoms in total. The Balaban J connectivity index is 2.63. The number of nitrogens with zero attached hydrogens (tertiary/aromatic N) is 1. The monoisotopic (exact) mass is 234 g/mol. The maximum atomic E-state index is 8.93. The highest BCUT2D eigenvalue weighted by Gasteiger charge is 2.15. The lowest BCUT2D eigenvalue weighted by Crippen LogP contribution is -1.90. The minimum Gasteiger partial charge on any atom is -0.397 e. The van der Waals surface area contributed by atoms with E-state index in [4.69, 9.17) is 11.0 Å². The van der Waals surface area contributed by atoms with Gasteiger partial charge in [-0.15, -0.1) is 11.3 Å². The zero-order valence-electron chi connectivity index (χ0n) is 8.28. The van der Waals surface area contributed by atoms with E-state index in [1.54, 1.807) is 11.3 Å². The summed E-state index contributed by atoms with van der Waals surface area (Å²) < 4.78 is 0. The summed E-state index contributed by atoms with van der Waals surface area (Å²) in [5.41, 5.74) is 8.86. The summed E-state index contributed by atoms with van der Waals surface area (Å²) >= 11 is 3.15. The molecule has 0 atom stereocenters. The standard InChI is InChI=1S/C11H10N2S2/c1-2-8-10(13)9(5-12)15-11(8)7-3-4-14-6-7/h3-4,6H,2,13H2,1H3. The van der Waals surface area contributed by atoms with Crippen molar-refractivity contribution in [2.24, 2.45) is 0 Å². The van der Waals surface area contributed by atoms with Crippen LogP contribution in [0.3, 0.4) is 0 Å². The molecule has 15 heavy (non-hydrogen) atoms. The summed E-state index contributed by atoms with van der Waals surface area (Å²) in [6.45, 7) is 2.06. The van der Waals surface area contributed by atoms with Gasteiger partial charge in [-0.2, -0.15) is 16.6 Å². The van der Waals surface area contributed by atoms with Crippen LogP contribution in [0.15, 0.2) is 16.8 Å². The molecule has 76 valence electrons. The van der Waals surface area contributed by atoms with Crippen LogP contribution in [-0.4, -0.2) is 0 Å². The molecule has 2 aromatic heterocycles. The zero-order valence-corrected chi connectivity index (χ0v) is 9.91. The van der Waals surface area contributed by atoms with Crippen molar-refractivity contribution < 1.29 is 0 Å². The van der Waals surface area contributed by atoms with E-state index in [2.05, 4.69) is 24.4 Å². The van der Waals surface area contributed by atoms with Gasteiger partial charge in [0.05, 0.1) is 5.69 Å². The Bertz CT molecular complexity index is 503. The Labute approximate surface area is 96.6 Å². The molecule has 2 aromatic rings. The summed E-state index contributed by atoms with van der Waals surface area (Å²) in [5, 5.41) is 13.1. The van der Waals surface area contributed by atoms with Crippen molar-refractivity contribution in [2.45, 2.75) is 13.3 Å². The molecular formula is C11H10N2S2. The van der Waals surface area contributed by atoms with Crippen LogP contribution in [0.2, 0.25) is 0 Å². The number of anilines is 1. The van der Waals surface area contributed by atoms with Gasteiger partial charge < -0.3 is 5.73 Å². The van der Waals surface area contributed by atoms with Gasteiger partial charge >= 0.3 is 0 Å². The SMILES string of the molecule is CCc1c(-c2ccsc2)sc(C#N)c1N. The Kier molecular flexibility index (Phi) is 2.76. The number of hydrogen-bond donors (Lipinski definition) is 1. The van der Waals surface area contributed by atoms with Gasteiger partial charge in [-0.3, -0.25) is 0 Å². The molecule has 2 N–H and O–H groups in total. The largest absolute Gasteiger partial charge is 0.397 e. The van der Waals surface area contributed by atoms with E-state index in [-0.39, 0.29) is 0 Å². The molecule has 0 saturated carbocycles. The third-order valence-electron chi connectivity index (χ3n) is 2.29. The van der Waals surface area contributed by atoms with Crippen LogP contribution in [0.25, 0.3) is 10.4 Å².